The molecule has 0 radical (unpaired) electrons. The van der Waals surface area contributed by atoms with Crippen LogP contribution < -0.4 is 10.6 Å². The van der Waals surface area contributed by atoms with Crippen molar-refractivity contribution in [3.63, 3.8) is 0 Å². The van der Waals surface area contributed by atoms with Crippen LogP contribution in [0.4, 0.5) is 0 Å². The Morgan fingerprint density at radius 3 is 1.91 bits per heavy atom. The fourth-order valence-corrected chi connectivity index (χ4v) is 24.0. The van der Waals surface area contributed by atoms with E-state index in [1.807, 2.05) is 0 Å². The maximum absolute atomic E-state index is 6.36. The van der Waals surface area contributed by atoms with E-state index in [4.69, 9.17) is 11.8 Å². The molecule has 0 heterocycles. The van der Waals surface area contributed by atoms with Crippen molar-refractivity contribution >= 4 is 56.6 Å². The van der Waals surface area contributed by atoms with Crippen molar-refractivity contribution in [2.75, 3.05) is 0 Å². The third kappa shape index (κ3) is 5.86. The molecule has 0 aliphatic rings. The van der Waals surface area contributed by atoms with Crippen LogP contribution in [-0.4, -0.2) is 29.5 Å². The van der Waals surface area contributed by atoms with E-state index in [2.05, 4.69) is 74.5 Å². The van der Waals surface area contributed by atoms with Gasteiger partial charge in [-0.3, -0.25) is 0 Å². The van der Waals surface area contributed by atoms with Crippen LogP contribution in [0, 0.1) is 0 Å². The fraction of sp³-hybridized carbons (Fsp3) is 0.368. The summed E-state index contributed by atoms with van der Waals surface area (Å²) in [5, 5.41) is 4.22. The molecule has 1 atom stereocenters. The Labute approximate surface area is 158 Å². The molecule has 0 bridgehead atoms. The van der Waals surface area contributed by atoms with Crippen molar-refractivity contribution in [2.45, 2.75) is 42.1 Å². The second-order valence-corrected chi connectivity index (χ2v) is 21.8. The summed E-state index contributed by atoms with van der Waals surface area (Å²) in [5.74, 6) is 0. The minimum atomic E-state index is -1.62. The quantitative estimate of drug-likeness (QED) is 0.286. The maximum atomic E-state index is 6.36. The third-order valence-corrected chi connectivity index (χ3v) is 21.5. The first-order valence-corrected chi connectivity index (χ1v) is 16.4. The second kappa shape index (κ2) is 10.2. The Balaban J connectivity index is 2.17. The normalized spacial score (nSPS) is 13.0. The molecule has 0 N–H and O–H groups in total. The van der Waals surface area contributed by atoms with E-state index < -0.39 is 4.73 Å². The van der Waals surface area contributed by atoms with Gasteiger partial charge in [0, 0.05) is 0 Å². The predicted molar refractivity (Wildman–Crippen MR) is 112 cm³/mol. The fourth-order valence-electron chi connectivity index (χ4n) is 2.36. The van der Waals surface area contributed by atoms with Crippen molar-refractivity contribution < 1.29 is 0 Å². The van der Waals surface area contributed by atoms with Gasteiger partial charge in [0.25, 0.3) is 0 Å². The van der Waals surface area contributed by atoms with E-state index in [9.17, 15) is 0 Å². The van der Waals surface area contributed by atoms with Crippen LogP contribution >= 0.6 is 4.73 Å². The topological polar surface area (TPSA) is 0 Å². The molecule has 0 fully saturated rings. The molecular formula is C19H25PSSe2. The van der Waals surface area contributed by atoms with Crippen LogP contribution in [-0.2, 0) is 11.8 Å². The van der Waals surface area contributed by atoms with Gasteiger partial charge in [-0.25, -0.2) is 0 Å². The molecule has 0 aliphatic heterocycles. The van der Waals surface area contributed by atoms with E-state index in [1.165, 1.54) is 35.2 Å². The van der Waals surface area contributed by atoms with Crippen LogP contribution in [0.2, 0.25) is 9.03 Å². The van der Waals surface area contributed by atoms with Gasteiger partial charge in [-0.1, -0.05) is 0 Å². The van der Waals surface area contributed by atoms with Crippen molar-refractivity contribution in [3.05, 3.63) is 60.7 Å². The standard InChI is InChI=1S/C19H25PSSe2/c1-3-4-11-16-22-17(2)23-20(21,18-12-7-5-8-13-18)19-14-9-6-10-15-19/h5-10,12-15,17H,3-4,11,16H2,1-2H3. The van der Waals surface area contributed by atoms with Gasteiger partial charge in [0.1, 0.15) is 0 Å². The summed E-state index contributed by atoms with van der Waals surface area (Å²) < 4.78 is -0.807. The van der Waals surface area contributed by atoms with Gasteiger partial charge in [-0.2, -0.15) is 0 Å². The van der Waals surface area contributed by atoms with Gasteiger partial charge in [0.15, 0.2) is 0 Å². The Hall–Kier alpha value is 0.129. The van der Waals surface area contributed by atoms with Crippen LogP contribution in [0.1, 0.15) is 33.1 Å². The van der Waals surface area contributed by atoms with Gasteiger partial charge < -0.3 is 0 Å². The second-order valence-electron chi connectivity index (χ2n) is 5.47. The summed E-state index contributed by atoms with van der Waals surface area (Å²) in [5.41, 5.74) is 0. The van der Waals surface area contributed by atoms with Gasteiger partial charge in [0.2, 0.25) is 0 Å². The summed E-state index contributed by atoms with van der Waals surface area (Å²) in [4.78, 5) is 0. The molecule has 0 aliphatic carbocycles. The monoisotopic (exact) mass is 476 g/mol. The first-order valence-electron chi connectivity index (χ1n) is 8.18. The van der Waals surface area contributed by atoms with Gasteiger partial charge in [-0.05, 0) is 0 Å². The average molecular weight is 474 g/mol. The number of benzene rings is 2. The van der Waals surface area contributed by atoms with Crippen LogP contribution in [0.25, 0.3) is 0 Å². The zero-order chi connectivity index (χ0) is 16.5. The SMILES string of the molecule is CCCCC[Se]C(C)[Se]P(=S)(c1ccccc1)c1ccccc1. The zero-order valence-corrected chi connectivity index (χ0v) is 19.0. The van der Waals surface area contributed by atoms with Crippen LogP contribution in [0.15, 0.2) is 60.7 Å². The predicted octanol–water partition coefficient (Wildman–Crippen LogP) is 4.81. The van der Waals surface area contributed by atoms with Crippen LogP contribution in [0.3, 0.4) is 0 Å². The molecule has 2 aromatic carbocycles. The van der Waals surface area contributed by atoms with Crippen molar-refractivity contribution in [1.82, 2.24) is 0 Å². The molecule has 0 amide bonds. The molecule has 23 heavy (non-hydrogen) atoms. The molecule has 4 heteroatoms. The molecule has 0 aromatic heterocycles. The van der Waals surface area contributed by atoms with Crippen LogP contribution in [0.5, 0.6) is 0 Å². The molecular weight excluding hydrogens is 449 g/mol. The Kier molecular flexibility index (Phi) is 8.62. The van der Waals surface area contributed by atoms with E-state index in [-0.39, 0.29) is 0 Å². The molecule has 2 aromatic rings. The molecule has 0 nitrogen and oxygen atoms in total. The first-order chi connectivity index (χ1) is 11.2. The Morgan fingerprint density at radius 2 is 1.43 bits per heavy atom. The zero-order valence-electron chi connectivity index (χ0n) is 13.9. The molecule has 2 rings (SSSR count). The molecule has 0 saturated heterocycles. The van der Waals surface area contributed by atoms with Crippen molar-refractivity contribution in [3.8, 4) is 0 Å². The van der Waals surface area contributed by atoms with E-state index in [0.29, 0.717) is 14.5 Å². The van der Waals surface area contributed by atoms with Gasteiger partial charge >= 0.3 is 159 Å². The summed E-state index contributed by atoms with van der Waals surface area (Å²) >= 11 is 7.60. The van der Waals surface area contributed by atoms with E-state index in [0.717, 1.165) is 18.7 Å². The molecule has 0 spiro atoms. The number of hydrogen-bond acceptors (Lipinski definition) is 1. The number of rotatable bonds is 9. The summed E-state index contributed by atoms with van der Waals surface area (Å²) in [6.07, 6.45) is 4.10. The Morgan fingerprint density at radius 1 is 0.913 bits per heavy atom. The Bertz CT molecular complexity index is 572. The van der Waals surface area contributed by atoms with Gasteiger partial charge in [0.05, 0.1) is 0 Å². The summed E-state index contributed by atoms with van der Waals surface area (Å²) in [6.45, 7) is 4.73. The molecule has 0 saturated carbocycles. The number of unbranched alkanes of at least 4 members (excludes halogenated alkanes) is 2. The van der Waals surface area contributed by atoms with Crippen molar-refractivity contribution in [1.29, 1.82) is 0 Å². The van der Waals surface area contributed by atoms with Gasteiger partial charge in [-0.15, -0.1) is 0 Å². The van der Waals surface area contributed by atoms with E-state index >= 15 is 0 Å². The number of hydrogen-bond donors (Lipinski definition) is 0. The van der Waals surface area contributed by atoms with E-state index in [1.54, 1.807) is 0 Å². The summed E-state index contributed by atoms with van der Waals surface area (Å²) in [7, 11) is 0. The summed E-state index contributed by atoms with van der Waals surface area (Å²) in [6, 6.07) is 21.8. The molecule has 1 unspecified atom stereocenters. The minimum absolute atomic E-state index is 0.497. The third-order valence-electron chi connectivity index (χ3n) is 3.59. The average Bonchev–Trinajstić information content (AvgIpc) is 2.60. The first kappa shape index (κ1) is 19.5. The molecule has 124 valence electrons. The van der Waals surface area contributed by atoms with Crippen molar-refractivity contribution in [2.24, 2.45) is 0 Å².